The zero-order valence-corrected chi connectivity index (χ0v) is 17.1. The molecule has 7 heteroatoms. The van der Waals surface area contributed by atoms with Gasteiger partial charge < -0.3 is 0 Å². The molecule has 3 aromatic carbocycles. The molecule has 0 aliphatic rings. The Bertz CT molecular complexity index is 1280. The Kier molecular flexibility index (Phi) is 5.24. The Morgan fingerprint density at radius 1 is 0.900 bits per heavy atom. The largest absolute Gasteiger partial charge is 0.238 e. The number of aryl methyl sites for hydroxylation is 1. The highest BCUT2D eigenvalue weighted by Gasteiger charge is 2.21. The SMILES string of the molecule is CCc1nn(-c2ccccc2)c(-c2ccc(S(N)(=O)=O)cc2)c1-c1ccc(F)cc1. The molecular formula is C23H20FN3O2S. The molecule has 1 aromatic heterocycles. The summed E-state index contributed by atoms with van der Waals surface area (Å²) in [6, 6.07) is 22.3. The van der Waals surface area contributed by atoms with Gasteiger partial charge in [0.05, 0.1) is 22.0 Å². The number of rotatable bonds is 5. The van der Waals surface area contributed by atoms with Crippen molar-refractivity contribution in [2.24, 2.45) is 5.14 Å². The van der Waals surface area contributed by atoms with Crippen molar-refractivity contribution in [3.8, 4) is 28.1 Å². The molecule has 5 nitrogen and oxygen atoms in total. The zero-order valence-electron chi connectivity index (χ0n) is 16.3. The lowest BCUT2D eigenvalue weighted by atomic mass is 9.97. The van der Waals surface area contributed by atoms with Crippen LogP contribution in [0.25, 0.3) is 28.1 Å². The van der Waals surface area contributed by atoms with E-state index in [1.807, 2.05) is 41.9 Å². The second-order valence-electron chi connectivity index (χ2n) is 6.85. The van der Waals surface area contributed by atoms with E-state index in [9.17, 15) is 12.8 Å². The van der Waals surface area contributed by atoms with Gasteiger partial charge in [-0.05, 0) is 48.4 Å². The average molecular weight is 421 g/mol. The fourth-order valence-corrected chi connectivity index (χ4v) is 3.97. The highest BCUT2D eigenvalue weighted by atomic mass is 32.2. The standard InChI is InChI=1S/C23H20FN3O2S/c1-2-21-22(16-8-12-18(24)13-9-16)23(27(26-21)19-6-4-3-5-7-19)17-10-14-20(15-11-17)30(25,28)29/h3-15H,2H2,1H3,(H2,25,28,29). The van der Waals surface area contributed by atoms with E-state index in [0.717, 1.165) is 33.8 Å². The van der Waals surface area contributed by atoms with Gasteiger partial charge in [0.25, 0.3) is 0 Å². The summed E-state index contributed by atoms with van der Waals surface area (Å²) < 4.78 is 38.7. The number of primary sulfonamides is 1. The number of hydrogen-bond donors (Lipinski definition) is 1. The van der Waals surface area contributed by atoms with E-state index in [4.69, 9.17) is 10.2 Å². The Balaban J connectivity index is 2.01. The van der Waals surface area contributed by atoms with Crippen LogP contribution in [0.3, 0.4) is 0 Å². The molecule has 1 heterocycles. The fraction of sp³-hybridized carbons (Fsp3) is 0.0870. The third-order valence-corrected chi connectivity index (χ3v) is 5.81. The van der Waals surface area contributed by atoms with Crippen LogP contribution >= 0.6 is 0 Å². The van der Waals surface area contributed by atoms with Crippen LogP contribution in [0, 0.1) is 5.82 Å². The van der Waals surface area contributed by atoms with Crippen molar-refractivity contribution in [2.45, 2.75) is 18.2 Å². The van der Waals surface area contributed by atoms with Gasteiger partial charge in [0.15, 0.2) is 0 Å². The summed E-state index contributed by atoms with van der Waals surface area (Å²) in [5.41, 5.74) is 5.01. The second kappa shape index (κ2) is 7.85. The Hall–Kier alpha value is -3.29. The molecule has 0 spiro atoms. The van der Waals surface area contributed by atoms with Gasteiger partial charge in [-0.25, -0.2) is 22.6 Å². The summed E-state index contributed by atoms with van der Waals surface area (Å²) in [5, 5.41) is 10.1. The molecule has 0 unspecified atom stereocenters. The minimum atomic E-state index is -3.79. The predicted octanol–water partition coefficient (Wildman–Crippen LogP) is 4.56. The number of hydrogen-bond acceptors (Lipinski definition) is 3. The molecule has 0 amide bonds. The van der Waals surface area contributed by atoms with Crippen molar-refractivity contribution >= 4 is 10.0 Å². The average Bonchev–Trinajstić information content (AvgIpc) is 3.14. The van der Waals surface area contributed by atoms with E-state index < -0.39 is 10.0 Å². The molecule has 0 radical (unpaired) electrons. The van der Waals surface area contributed by atoms with E-state index in [2.05, 4.69) is 0 Å². The number of nitrogens with zero attached hydrogens (tertiary/aromatic N) is 2. The Morgan fingerprint density at radius 2 is 1.50 bits per heavy atom. The van der Waals surface area contributed by atoms with Crippen LogP contribution in [-0.2, 0) is 16.4 Å². The smallest absolute Gasteiger partial charge is 0.232 e. The quantitative estimate of drug-likeness (QED) is 0.513. The van der Waals surface area contributed by atoms with Gasteiger partial charge in [0.2, 0.25) is 10.0 Å². The number of sulfonamides is 1. The van der Waals surface area contributed by atoms with Crippen LogP contribution in [0.5, 0.6) is 0 Å². The third kappa shape index (κ3) is 3.77. The summed E-state index contributed by atoms with van der Waals surface area (Å²) in [6.07, 6.45) is 0.675. The number of para-hydroxylation sites is 1. The first-order valence-corrected chi connectivity index (χ1v) is 11.0. The zero-order chi connectivity index (χ0) is 21.3. The maximum absolute atomic E-state index is 13.5. The summed E-state index contributed by atoms with van der Waals surface area (Å²) >= 11 is 0. The van der Waals surface area contributed by atoms with E-state index in [0.29, 0.717) is 6.42 Å². The van der Waals surface area contributed by atoms with Crippen LogP contribution < -0.4 is 5.14 Å². The maximum atomic E-state index is 13.5. The molecule has 0 aliphatic carbocycles. The highest BCUT2D eigenvalue weighted by molar-refractivity contribution is 7.89. The molecule has 152 valence electrons. The van der Waals surface area contributed by atoms with Crippen LogP contribution in [-0.4, -0.2) is 18.2 Å². The van der Waals surface area contributed by atoms with E-state index in [1.165, 1.54) is 24.3 Å². The van der Waals surface area contributed by atoms with Crippen molar-refractivity contribution < 1.29 is 12.8 Å². The van der Waals surface area contributed by atoms with Gasteiger partial charge in [-0.1, -0.05) is 49.4 Å². The van der Waals surface area contributed by atoms with Crippen molar-refractivity contribution in [1.29, 1.82) is 0 Å². The predicted molar refractivity (Wildman–Crippen MR) is 115 cm³/mol. The van der Waals surface area contributed by atoms with Crippen molar-refractivity contribution in [3.63, 3.8) is 0 Å². The van der Waals surface area contributed by atoms with Crippen molar-refractivity contribution in [3.05, 3.63) is 90.4 Å². The van der Waals surface area contributed by atoms with E-state index in [1.54, 1.807) is 24.3 Å². The molecule has 4 rings (SSSR count). The number of nitrogens with two attached hydrogens (primary N) is 1. The fourth-order valence-electron chi connectivity index (χ4n) is 3.46. The number of benzene rings is 3. The molecule has 4 aromatic rings. The first-order chi connectivity index (χ1) is 14.4. The van der Waals surface area contributed by atoms with Crippen LogP contribution in [0.1, 0.15) is 12.6 Å². The van der Waals surface area contributed by atoms with Crippen LogP contribution in [0.15, 0.2) is 83.8 Å². The molecule has 0 aliphatic heterocycles. The summed E-state index contributed by atoms with van der Waals surface area (Å²) in [4.78, 5) is 0.0380. The Labute approximate surface area is 174 Å². The van der Waals surface area contributed by atoms with Crippen LogP contribution in [0.4, 0.5) is 4.39 Å². The molecule has 0 fully saturated rings. The van der Waals surface area contributed by atoms with Gasteiger partial charge in [-0.3, -0.25) is 0 Å². The van der Waals surface area contributed by atoms with Crippen molar-refractivity contribution in [2.75, 3.05) is 0 Å². The van der Waals surface area contributed by atoms with Gasteiger partial charge >= 0.3 is 0 Å². The second-order valence-corrected chi connectivity index (χ2v) is 8.41. The van der Waals surface area contributed by atoms with Crippen LogP contribution in [0.2, 0.25) is 0 Å². The Morgan fingerprint density at radius 3 is 2.07 bits per heavy atom. The molecule has 2 N–H and O–H groups in total. The van der Waals surface area contributed by atoms with Gasteiger partial charge in [0, 0.05) is 11.1 Å². The normalized spacial score (nSPS) is 11.6. The molecule has 0 saturated heterocycles. The summed E-state index contributed by atoms with van der Waals surface area (Å²) in [5.74, 6) is -0.314. The van der Waals surface area contributed by atoms with E-state index >= 15 is 0 Å². The van der Waals surface area contributed by atoms with E-state index in [-0.39, 0.29) is 10.7 Å². The molecule has 0 saturated carbocycles. The first-order valence-electron chi connectivity index (χ1n) is 9.45. The lowest BCUT2D eigenvalue weighted by Gasteiger charge is -2.11. The third-order valence-electron chi connectivity index (χ3n) is 4.88. The maximum Gasteiger partial charge on any atom is 0.238 e. The molecule has 0 bridgehead atoms. The highest BCUT2D eigenvalue weighted by Crippen LogP contribution is 2.37. The lowest BCUT2D eigenvalue weighted by Crippen LogP contribution is -2.11. The van der Waals surface area contributed by atoms with Gasteiger partial charge in [-0.15, -0.1) is 0 Å². The molecule has 0 atom stereocenters. The summed E-state index contributed by atoms with van der Waals surface area (Å²) in [6.45, 7) is 2.01. The number of halogens is 1. The first kappa shape index (κ1) is 20.0. The van der Waals surface area contributed by atoms with Gasteiger partial charge in [-0.2, -0.15) is 5.10 Å². The summed E-state index contributed by atoms with van der Waals surface area (Å²) in [7, 11) is -3.79. The van der Waals surface area contributed by atoms with Gasteiger partial charge in [0.1, 0.15) is 5.82 Å². The minimum absolute atomic E-state index is 0.0380. The minimum Gasteiger partial charge on any atom is -0.232 e. The lowest BCUT2D eigenvalue weighted by molar-refractivity contribution is 0.598. The molecule has 30 heavy (non-hydrogen) atoms. The number of aromatic nitrogens is 2. The molecular weight excluding hydrogens is 401 g/mol. The monoisotopic (exact) mass is 421 g/mol. The topological polar surface area (TPSA) is 78.0 Å². The van der Waals surface area contributed by atoms with Crippen molar-refractivity contribution in [1.82, 2.24) is 9.78 Å².